The molecule has 0 spiro atoms. The summed E-state index contributed by atoms with van der Waals surface area (Å²) in [5.74, 6) is 0. The van der Waals surface area contributed by atoms with E-state index in [1.54, 1.807) is 0 Å². The van der Waals surface area contributed by atoms with Gasteiger partial charge in [0.2, 0.25) is 0 Å². The molecule has 0 aliphatic carbocycles. The molecule has 6 aromatic rings. The average molecular weight is 575 g/mol. The molecule has 0 nitrogen and oxygen atoms in total. The van der Waals surface area contributed by atoms with Crippen LogP contribution < -0.4 is 0 Å². The van der Waals surface area contributed by atoms with Crippen LogP contribution >= 0.6 is 12.4 Å². The fraction of sp³-hybridized carbons (Fsp3) is 0.0556. The molecular weight excluding hydrogens is 541 g/mol. The van der Waals surface area contributed by atoms with Gasteiger partial charge in [-0.1, -0.05) is 146 Å². The van der Waals surface area contributed by atoms with Crippen LogP contribution in [0.4, 0.5) is 0 Å². The molecule has 0 unspecified atom stereocenters. The van der Waals surface area contributed by atoms with Crippen molar-refractivity contribution in [1.82, 2.24) is 0 Å². The molecule has 0 aliphatic heterocycles. The minimum absolute atomic E-state index is 0. The Balaban J connectivity index is 0.000000238. The average Bonchev–Trinajstić information content (AvgIpc) is 3.67. The molecule has 0 N–H and O–H groups in total. The van der Waals surface area contributed by atoms with Gasteiger partial charge in [0.25, 0.3) is 0 Å². The van der Waals surface area contributed by atoms with E-state index in [1.807, 2.05) is 24.3 Å². The molecule has 3 heteroatoms. The van der Waals surface area contributed by atoms with Crippen LogP contribution in [0.2, 0.25) is 13.1 Å². The van der Waals surface area contributed by atoms with Gasteiger partial charge in [0.1, 0.15) is 0 Å². The van der Waals surface area contributed by atoms with E-state index < -0.39 is 0 Å². The van der Waals surface area contributed by atoms with Crippen molar-refractivity contribution >= 4 is 21.9 Å². The van der Waals surface area contributed by atoms with E-state index >= 15 is 0 Å². The van der Waals surface area contributed by atoms with Crippen LogP contribution in [0.1, 0.15) is 0 Å². The van der Waals surface area contributed by atoms with Crippen molar-refractivity contribution in [2.24, 2.45) is 0 Å². The second kappa shape index (κ2) is 17.5. The Bertz CT molecular complexity index is 1220. The number of rotatable bonds is 4. The minimum Gasteiger partial charge on any atom is -0.169 e. The molecule has 6 rings (SSSR count). The van der Waals surface area contributed by atoms with E-state index in [-0.39, 0.29) is 38.3 Å². The first-order valence-electron chi connectivity index (χ1n) is 12.8. The zero-order chi connectivity index (χ0) is 25.7. The van der Waals surface area contributed by atoms with E-state index in [2.05, 4.69) is 147 Å². The summed E-state index contributed by atoms with van der Waals surface area (Å²) in [5, 5.41) is 0. The Morgan fingerprint density at radius 1 is 0.410 bits per heavy atom. The van der Waals surface area contributed by atoms with E-state index in [1.165, 1.54) is 44.5 Å². The number of benzene rings is 4. The molecule has 6 aromatic carbocycles. The Morgan fingerprint density at radius 2 is 0.667 bits per heavy atom. The smallest absolute Gasteiger partial charge is 0.0213 e. The molecule has 0 bridgehead atoms. The Labute approximate surface area is 261 Å². The molecule has 0 atom stereocenters. The van der Waals surface area contributed by atoms with E-state index in [9.17, 15) is 0 Å². The van der Waals surface area contributed by atoms with Crippen molar-refractivity contribution in [1.29, 1.82) is 0 Å². The van der Waals surface area contributed by atoms with Crippen LogP contribution in [0.15, 0.2) is 158 Å². The first-order chi connectivity index (χ1) is 18.3. The number of hydrogen-bond acceptors (Lipinski definition) is 0. The van der Waals surface area contributed by atoms with Crippen LogP contribution in [-0.2, 0) is 25.8 Å². The van der Waals surface area contributed by atoms with Crippen molar-refractivity contribution in [3.63, 3.8) is 0 Å². The summed E-state index contributed by atoms with van der Waals surface area (Å²) in [7, 11) is 0.750. The molecule has 0 saturated heterocycles. The third kappa shape index (κ3) is 9.58. The molecule has 39 heavy (non-hydrogen) atoms. The number of halogens is 1. The Kier molecular flexibility index (Phi) is 14.5. The van der Waals surface area contributed by atoms with Gasteiger partial charge in [-0.15, -0.1) is 70.1 Å². The van der Waals surface area contributed by atoms with Crippen molar-refractivity contribution in [3.8, 4) is 44.5 Å². The minimum atomic E-state index is 0. The maximum Gasteiger partial charge on any atom is 0.0213 e. The quantitative estimate of drug-likeness (QED) is 0.145. The monoisotopic (exact) mass is 574 g/mol. The van der Waals surface area contributed by atoms with Crippen LogP contribution in [-0.4, -0.2) is 9.52 Å². The number of hydrogen-bond donors (Lipinski definition) is 0. The molecule has 2 radical (unpaired) electrons. The van der Waals surface area contributed by atoms with Crippen molar-refractivity contribution in [2.45, 2.75) is 13.1 Å². The SMILES string of the molecule is C[SiH]C.Cl.[Sc].c1ccc(-c2c[cH-]c(-c3ccccc3)c2)cc1.c1ccc(-c2c[cH-]c(-c3ccccc3)c2)cc1. The van der Waals surface area contributed by atoms with Gasteiger partial charge < -0.3 is 0 Å². The summed E-state index contributed by atoms with van der Waals surface area (Å²) in [5.41, 5.74) is 10.2. The first-order valence-corrected chi connectivity index (χ1v) is 15.1. The summed E-state index contributed by atoms with van der Waals surface area (Å²) < 4.78 is 0. The van der Waals surface area contributed by atoms with Crippen LogP contribution in [0, 0.1) is 0 Å². The van der Waals surface area contributed by atoms with Crippen molar-refractivity contribution in [2.75, 3.05) is 0 Å². The normalized spacial score (nSPS) is 9.49. The zero-order valence-electron chi connectivity index (χ0n) is 22.6. The second-order valence-corrected chi connectivity index (χ2v) is 9.97. The van der Waals surface area contributed by atoms with Gasteiger partial charge in [-0.3, -0.25) is 0 Å². The topological polar surface area (TPSA) is 0 Å². The Hall–Kier alpha value is -3.04. The predicted octanol–water partition coefficient (Wildman–Crippen LogP) is 10.4. The summed E-state index contributed by atoms with van der Waals surface area (Å²) >= 11 is 0. The van der Waals surface area contributed by atoms with E-state index in [4.69, 9.17) is 0 Å². The van der Waals surface area contributed by atoms with Gasteiger partial charge in [0, 0.05) is 35.4 Å². The van der Waals surface area contributed by atoms with Gasteiger partial charge in [-0.25, -0.2) is 0 Å². The molecule has 0 heterocycles. The van der Waals surface area contributed by atoms with Gasteiger partial charge in [-0.05, 0) is 0 Å². The molecule has 0 fully saturated rings. The molecule has 0 amide bonds. The maximum absolute atomic E-state index is 2.24. The Morgan fingerprint density at radius 3 is 0.949 bits per heavy atom. The van der Waals surface area contributed by atoms with E-state index in [0.29, 0.717) is 0 Å². The van der Waals surface area contributed by atoms with Gasteiger partial charge in [-0.2, -0.15) is 12.1 Å². The van der Waals surface area contributed by atoms with Gasteiger partial charge in [0.15, 0.2) is 0 Å². The fourth-order valence-electron chi connectivity index (χ4n) is 4.13. The summed E-state index contributed by atoms with van der Waals surface area (Å²) in [6, 6.07) is 55.1. The maximum atomic E-state index is 2.24. The van der Waals surface area contributed by atoms with E-state index in [0.717, 1.165) is 9.52 Å². The largest absolute Gasteiger partial charge is 0.169 e. The van der Waals surface area contributed by atoms with Crippen LogP contribution in [0.3, 0.4) is 0 Å². The standard InChI is InChI=1S/2C17H13.C2H7Si.ClH.Sc/c2*1-3-7-14(8-4-1)16-11-12-17(13-16)15-9-5-2-6-10-15;1-3-2;;/h2*1-13H;3H,1-2H3;1H;/q2*-1;;;. The third-order valence-corrected chi connectivity index (χ3v) is 5.94. The van der Waals surface area contributed by atoms with Crippen LogP contribution in [0.25, 0.3) is 44.5 Å². The summed E-state index contributed by atoms with van der Waals surface area (Å²) in [6.07, 6.45) is 0. The predicted molar refractivity (Wildman–Crippen MR) is 172 cm³/mol. The van der Waals surface area contributed by atoms with Crippen molar-refractivity contribution < 1.29 is 25.8 Å². The second-order valence-electron chi connectivity index (χ2n) is 8.82. The molecule has 0 saturated carbocycles. The fourth-order valence-corrected chi connectivity index (χ4v) is 4.13. The van der Waals surface area contributed by atoms with Crippen molar-refractivity contribution in [3.05, 3.63) is 158 Å². The first kappa shape index (κ1) is 32.2. The molecule has 194 valence electrons. The summed E-state index contributed by atoms with van der Waals surface area (Å²) in [6.45, 7) is 4.42. The van der Waals surface area contributed by atoms with Crippen LogP contribution in [0.5, 0.6) is 0 Å². The molecule has 0 aliphatic rings. The zero-order valence-corrected chi connectivity index (χ0v) is 26.3. The molecule has 0 aromatic heterocycles. The van der Waals surface area contributed by atoms with Gasteiger partial charge >= 0.3 is 0 Å². The third-order valence-electron chi connectivity index (χ3n) is 5.94. The molecular formula is C36H34ClScSi-2. The summed E-state index contributed by atoms with van der Waals surface area (Å²) in [4.78, 5) is 0. The van der Waals surface area contributed by atoms with Gasteiger partial charge in [0.05, 0.1) is 0 Å².